The molecule has 0 spiro atoms. The first-order valence-corrected chi connectivity index (χ1v) is 10.5. The molecule has 1 saturated heterocycles. The van der Waals surface area contributed by atoms with E-state index in [1.165, 1.54) is 18.4 Å². The van der Waals surface area contributed by atoms with Crippen molar-refractivity contribution in [2.45, 2.75) is 17.0 Å². The van der Waals surface area contributed by atoms with Gasteiger partial charge in [0.2, 0.25) is 10.0 Å². The van der Waals surface area contributed by atoms with Crippen molar-refractivity contribution >= 4 is 26.6 Å². The van der Waals surface area contributed by atoms with Gasteiger partial charge < -0.3 is 20.7 Å². The van der Waals surface area contributed by atoms with Gasteiger partial charge in [0.05, 0.1) is 11.0 Å². The van der Waals surface area contributed by atoms with Crippen molar-refractivity contribution in [1.82, 2.24) is 9.29 Å². The van der Waals surface area contributed by atoms with Crippen LogP contribution in [0.3, 0.4) is 0 Å². The Hall–Kier alpha value is -2.39. The molecule has 148 valence electrons. The number of nitrogens with zero attached hydrogens (tertiary/aromatic N) is 2. The van der Waals surface area contributed by atoms with E-state index in [1.807, 2.05) is 35.2 Å². The Morgan fingerprint density at radius 3 is 2.54 bits per heavy atom. The molecule has 2 atom stereocenters. The summed E-state index contributed by atoms with van der Waals surface area (Å²) >= 11 is 0. The van der Waals surface area contributed by atoms with Crippen molar-refractivity contribution in [2.75, 3.05) is 32.1 Å². The van der Waals surface area contributed by atoms with Crippen LogP contribution in [-0.4, -0.2) is 62.1 Å². The Bertz CT molecular complexity index is 1080. The summed E-state index contributed by atoms with van der Waals surface area (Å²) in [5.74, 6) is 0. The number of aliphatic hydroxyl groups is 1. The number of hydrogen-bond acceptors (Lipinski definition) is 5. The third-order valence-electron chi connectivity index (χ3n) is 5.24. The number of H-pyrrole nitrogens is 1. The summed E-state index contributed by atoms with van der Waals surface area (Å²) in [5, 5.41) is 11.1. The number of para-hydroxylation sites is 1. The Labute approximate surface area is 164 Å². The first-order chi connectivity index (χ1) is 13.3. The molecular formula is C20H24N4O3S. The zero-order chi connectivity index (χ0) is 20.1. The Kier molecular flexibility index (Phi) is 4.67. The van der Waals surface area contributed by atoms with Crippen molar-refractivity contribution < 1.29 is 13.5 Å². The lowest BCUT2D eigenvalue weighted by molar-refractivity contribution is 0.180. The SMILES string of the molecule is CN(C)S(=O)(=O)c1ccc(N2C[C@H](N)[C@@H](O)C2)c(-c2cc3ccccc3[nH]2)c1. The number of benzene rings is 2. The first-order valence-electron chi connectivity index (χ1n) is 9.10. The smallest absolute Gasteiger partial charge is 0.242 e. The second-order valence-electron chi connectivity index (χ2n) is 7.37. The number of rotatable bonds is 4. The van der Waals surface area contributed by atoms with Crippen LogP contribution in [0.15, 0.2) is 53.4 Å². The van der Waals surface area contributed by atoms with E-state index in [2.05, 4.69) is 4.98 Å². The summed E-state index contributed by atoms with van der Waals surface area (Å²) in [7, 11) is -0.541. The lowest BCUT2D eigenvalue weighted by Gasteiger charge is -2.22. The summed E-state index contributed by atoms with van der Waals surface area (Å²) in [5.41, 5.74) is 9.40. The number of β-amino-alcohol motifs (C(OH)–C–C–N with tert-alkyl or cyclic N) is 1. The van der Waals surface area contributed by atoms with Crippen LogP contribution in [0.5, 0.6) is 0 Å². The van der Waals surface area contributed by atoms with Crippen LogP contribution in [0.4, 0.5) is 5.69 Å². The number of aromatic nitrogens is 1. The molecule has 2 aromatic carbocycles. The van der Waals surface area contributed by atoms with Crippen LogP contribution in [-0.2, 0) is 10.0 Å². The average molecular weight is 401 g/mol. The molecule has 3 aromatic rings. The topological polar surface area (TPSA) is 103 Å². The second-order valence-corrected chi connectivity index (χ2v) is 9.52. The molecule has 0 saturated carbocycles. The van der Waals surface area contributed by atoms with Crippen molar-refractivity contribution in [3.8, 4) is 11.3 Å². The van der Waals surface area contributed by atoms with Crippen molar-refractivity contribution in [3.63, 3.8) is 0 Å². The maximum absolute atomic E-state index is 12.7. The minimum Gasteiger partial charge on any atom is -0.390 e. The van der Waals surface area contributed by atoms with Crippen LogP contribution < -0.4 is 10.6 Å². The second kappa shape index (κ2) is 6.89. The number of nitrogens with one attached hydrogen (secondary N) is 1. The highest BCUT2D eigenvalue weighted by Gasteiger charge is 2.31. The van der Waals surface area contributed by atoms with Crippen molar-refractivity contribution in [2.24, 2.45) is 5.73 Å². The van der Waals surface area contributed by atoms with Gasteiger partial charge in [-0.3, -0.25) is 0 Å². The fourth-order valence-electron chi connectivity index (χ4n) is 3.60. The third-order valence-corrected chi connectivity index (χ3v) is 7.05. The van der Waals surface area contributed by atoms with Crippen molar-refractivity contribution in [1.29, 1.82) is 0 Å². The first kappa shape index (κ1) is 18.9. The number of aromatic amines is 1. The van der Waals surface area contributed by atoms with Gasteiger partial charge in [0.25, 0.3) is 0 Å². The van der Waals surface area contributed by atoms with Crippen LogP contribution in [0.1, 0.15) is 0 Å². The quantitative estimate of drug-likeness (QED) is 0.617. The lowest BCUT2D eigenvalue weighted by Crippen LogP contribution is -2.32. The molecular weight excluding hydrogens is 376 g/mol. The third kappa shape index (κ3) is 3.18. The van der Waals surface area contributed by atoms with E-state index in [0.717, 1.165) is 27.8 Å². The van der Waals surface area contributed by atoms with E-state index in [4.69, 9.17) is 5.73 Å². The maximum atomic E-state index is 12.7. The molecule has 0 bridgehead atoms. The normalized spacial score (nSPS) is 20.4. The fourth-order valence-corrected chi connectivity index (χ4v) is 4.53. The molecule has 0 aliphatic carbocycles. The van der Waals surface area contributed by atoms with E-state index in [1.54, 1.807) is 18.2 Å². The molecule has 1 aliphatic rings. The highest BCUT2D eigenvalue weighted by molar-refractivity contribution is 7.89. The standard InChI is InChI=1S/C20H24N4O3S/c1-23(2)28(26,27)14-7-8-19(24-11-16(21)20(25)12-24)15(10-14)18-9-13-5-3-4-6-17(13)22-18/h3-10,16,20,22,25H,11-12,21H2,1-2H3/t16-,20-/m0/s1. The lowest BCUT2D eigenvalue weighted by atomic mass is 10.1. The minimum absolute atomic E-state index is 0.221. The molecule has 8 heteroatoms. The maximum Gasteiger partial charge on any atom is 0.242 e. The van der Waals surface area contributed by atoms with E-state index in [-0.39, 0.29) is 10.9 Å². The summed E-state index contributed by atoms with van der Waals surface area (Å²) in [6.45, 7) is 0.919. The van der Waals surface area contributed by atoms with Crippen LogP contribution in [0.25, 0.3) is 22.2 Å². The van der Waals surface area contributed by atoms with Gasteiger partial charge in [-0.25, -0.2) is 12.7 Å². The van der Waals surface area contributed by atoms with Gasteiger partial charge in [0.1, 0.15) is 0 Å². The van der Waals surface area contributed by atoms with Gasteiger partial charge in [-0.2, -0.15) is 0 Å². The number of anilines is 1. The number of aliphatic hydroxyl groups excluding tert-OH is 1. The average Bonchev–Trinajstić information content (AvgIpc) is 3.24. The van der Waals surface area contributed by atoms with Crippen LogP contribution in [0.2, 0.25) is 0 Å². The molecule has 4 N–H and O–H groups in total. The summed E-state index contributed by atoms with van der Waals surface area (Å²) in [6, 6.07) is 14.7. The molecule has 0 amide bonds. The predicted molar refractivity (Wildman–Crippen MR) is 111 cm³/mol. The van der Waals surface area contributed by atoms with Gasteiger partial charge in [-0.1, -0.05) is 18.2 Å². The predicted octanol–water partition coefficient (Wildman–Crippen LogP) is 1.59. The molecule has 1 fully saturated rings. The number of fused-ring (bicyclic) bond motifs is 1. The zero-order valence-corrected chi connectivity index (χ0v) is 16.6. The Morgan fingerprint density at radius 1 is 1.14 bits per heavy atom. The van der Waals surface area contributed by atoms with Gasteiger partial charge in [-0.05, 0) is 30.3 Å². The number of hydrogen-bond donors (Lipinski definition) is 3. The Morgan fingerprint density at radius 2 is 1.89 bits per heavy atom. The Balaban J connectivity index is 1.89. The van der Waals surface area contributed by atoms with Gasteiger partial charge in [0, 0.05) is 61.1 Å². The summed E-state index contributed by atoms with van der Waals surface area (Å²) < 4.78 is 26.5. The molecule has 1 aliphatic heterocycles. The van der Waals surface area contributed by atoms with Crippen molar-refractivity contribution in [3.05, 3.63) is 48.5 Å². The van der Waals surface area contributed by atoms with Gasteiger partial charge in [0.15, 0.2) is 0 Å². The van der Waals surface area contributed by atoms with E-state index in [0.29, 0.717) is 13.1 Å². The molecule has 1 aromatic heterocycles. The number of sulfonamides is 1. The van der Waals surface area contributed by atoms with E-state index < -0.39 is 16.1 Å². The van der Waals surface area contributed by atoms with E-state index >= 15 is 0 Å². The molecule has 0 unspecified atom stereocenters. The number of nitrogens with two attached hydrogens (primary N) is 1. The highest BCUT2D eigenvalue weighted by Crippen LogP contribution is 2.36. The zero-order valence-electron chi connectivity index (χ0n) is 15.8. The minimum atomic E-state index is -3.57. The molecule has 28 heavy (non-hydrogen) atoms. The van der Waals surface area contributed by atoms with Gasteiger partial charge in [-0.15, -0.1) is 0 Å². The monoisotopic (exact) mass is 400 g/mol. The van der Waals surface area contributed by atoms with E-state index in [9.17, 15) is 13.5 Å². The highest BCUT2D eigenvalue weighted by atomic mass is 32.2. The summed E-state index contributed by atoms with van der Waals surface area (Å²) in [6.07, 6.45) is -0.610. The fraction of sp³-hybridized carbons (Fsp3) is 0.300. The molecule has 4 rings (SSSR count). The van der Waals surface area contributed by atoms with Crippen LogP contribution in [0, 0.1) is 0 Å². The largest absolute Gasteiger partial charge is 0.390 e. The molecule has 0 radical (unpaired) electrons. The van der Waals surface area contributed by atoms with Crippen LogP contribution >= 0.6 is 0 Å². The molecule has 7 nitrogen and oxygen atoms in total. The molecule has 2 heterocycles. The summed E-state index contributed by atoms with van der Waals surface area (Å²) in [4.78, 5) is 5.60. The van der Waals surface area contributed by atoms with Gasteiger partial charge >= 0.3 is 0 Å².